The maximum absolute atomic E-state index is 11.3. The Hall–Kier alpha value is -2.34. The Labute approximate surface area is 136 Å². The van der Waals surface area contributed by atoms with Crippen LogP contribution in [0.5, 0.6) is 0 Å². The number of hydrogen-bond donors (Lipinski definition) is 3. The maximum Gasteiger partial charge on any atom is 0.254 e. The van der Waals surface area contributed by atoms with Crippen LogP contribution in [0.15, 0.2) is 36.5 Å². The fourth-order valence-corrected chi connectivity index (χ4v) is 2.95. The van der Waals surface area contributed by atoms with Crippen molar-refractivity contribution < 1.29 is 4.79 Å². The second-order valence-corrected chi connectivity index (χ2v) is 5.99. The fraction of sp³-hybridized carbons (Fsp3) is 0.412. The van der Waals surface area contributed by atoms with E-state index in [1.807, 2.05) is 10.7 Å². The van der Waals surface area contributed by atoms with Gasteiger partial charge in [0.1, 0.15) is 11.4 Å². The number of rotatable bonds is 7. The van der Waals surface area contributed by atoms with Crippen molar-refractivity contribution in [2.24, 2.45) is 11.7 Å². The largest absolute Gasteiger partial charge is 0.369 e. The van der Waals surface area contributed by atoms with Gasteiger partial charge in [-0.25, -0.2) is 4.68 Å². The lowest BCUT2D eigenvalue weighted by atomic mass is 10.1. The lowest BCUT2D eigenvalue weighted by Crippen LogP contribution is -2.36. The third-order valence-corrected chi connectivity index (χ3v) is 4.19. The van der Waals surface area contributed by atoms with Crippen LogP contribution < -0.4 is 16.4 Å². The molecule has 0 unspecified atom stereocenters. The maximum atomic E-state index is 11.3. The molecule has 0 radical (unpaired) electrons. The summed E-state index contributed by atoms with van der Waals surface area (Å²) in [6, 6.07) is 10.5. The van der Waals surface area contributed by atoms with Gasteiger partial charge in [-0.1, -0.05) is 30.3 Å². The molecule has 1 aliphatic heterocycles. The molecule has 6 heteroatoms. The summed E-state index contributed by atoms with van der Waals surface area (Å²) in [7, 11) is 0. The van der Waals surface area contributed by atoms with Crippen molar-refractivity contribution in [3.63, 3.8) is 0 Å². The number of primary amides is 1. The molecule has 1 amide bonds. The van der Waals surface area contributed by atoms with Gasteiger partial charge in [0.15, 0.2) is 0 Å². The number of aryl methyl sites for hydroxylation is 1. The summed E-state index contributed by atoms with van der Waals surface area (Å²) in [4.78, 5) is 11.3. The molecule has 3 rings (SSSR count). The van der Waals surface area contributed by atoms with Crippen LogP contribution in [0, 0.1) is 5.92 Å². The highest BCUT2D eigenvalue weighted by Gasteiger charge is 2.23. The topological polar surface area (TPSA) is 85.0 Å². The summed E-state index contributed by atoms with van der Waals surface area (Å²) >= 11 is 0. The Morgan fingerprint density at radius 2 is 2.22 bits per heavy atom. The number of anilines is 1. The Bertz CT molecular complexity index is 652. The van der Waals surface area contributed by atoms with Crippen molar-refractivity contribution in [3.05, 3.63) is 47.7 Å². The number of carbonyl (C=O) groups is 1. The van der Waals surface area contributed by atoms with E-state index in [0.29, 0.717) is 11.5 Å². The molecule has 23 heavy (non-hydrogen) atoms. The van der Waals surface area contributed by atoms with E-state index in [2.05, 4.69) is 40.0 Å². The first-order valence-corrected chi connectivity index (χ1v) is 8.08. The van der Waals surface area contributed by atoms with E-state index in [1.54, 1.807) is 6.20 Å². The van der Waals surface area contributed by atoms with Crippen LogP contribution >= 0.6 is 0 Å². The SMILES string of the molecule is NC(=O)c1cnn2c1NC[C@H](CNCCCc1ccccc1)C2. The molecule has 2 heterocycles. The first-order valence-electron chi connectivity index (χ1n) is 8.08. The van der Waals surface area contributed by atoms with Gasteiger partial charge in [0.05, 0.1) is 6.20 Å². The van der Waals surface area contributed by atoms with Gasteiger partial charge in [0.2, 0.25) is 0 Å². The van der Waals surface area contributed by atoms with E-state index in [1.165, 1.54) is 5.56 Å². The van der Waals surface area contributed by atoms with E-state index in [0.717, 1.165) is 44.8 Å². The zero-order valence-electron chi connectivity index (χ0n) is 13.2. The standard InChI is InChI=1S/C17H23N5O/c18-16(23)15-11-21-22-12-14(10-20-17(15)22)9-19-8-4-7-13-5-2-1-3-6-13/h1-3,5-6,11,14,19-20H,4,7-10,12H2,(H2,18,23)/t14-/m0/s1. The molecule has 1 aromatic heterocycles. The van der Waals surface area contributed by atoms with E-state index in [4.69, 9.17) is 5.73 Å². The van der Waals surface area contributed by atoms with Crippen LogP contribution in [-0.4, -0.2) is 35.3 Å². The number of aromatic nitrogens is 2. The fourth-order valence-electron chi connectivity index (χ4n) is 2.95. The van der Waals surface area contributed by atoms with Gasteiger partial charge in [0, 0.05) is 25.6 Å². The molecule has 2 aromatic rings. The molecule has 1 aromatic carbocycles. The third-order valence-electron chi connectivity index (χ3n) is 4.19. The van der Waals surface area contributed by atoms with Crippen molar-refractivity contribution in [3.8, 4) is 0 Å². The van der Waals surface area contributed by atoms with Crippen LogP contribution in [0.25, 0.3) is 0 Å². The van der Waals surface area contributed by atoms with Crippen LogP contribution in [0.1, 0.15) is 22.3 Å². The lowest BCUT2D eigenvalue weighted by Gasteiger charge is -2.25. The highest BCUT2D eigenvalue weighted by atomic mass is 16.1. The third kappa shape index (κ3) is 3.90. The van der Waals surface area contributed by atoms with E-state index in [9.17, 15) is 4.79 Å². The number of benzene rings is 1. The van der Waals surface area contributed by atoms with Gasteiger partial charge in [-0.15, -0.1) is 0 Å². The predicted octanol–water partition coefficient (Wildman–Crippen LogP) is 1.25. The number of carbonyl (C=O) groups excluding carboxylic acids is 1. The molecule has 0 fully saturated rings. The summed E-state index contributed by atoms with van der Waals surface area (Å²) < 4.78 is 1.83. The second kappa shape index (κ2) is 7.28. The van der Waals surface area contributed by atoms with Crippen LogP contribution in [0.2, 0.25) is 0 Å². The molecule has 6 nitrogen and oxygen atoms in total. The quantitative estimate of drug-likeness (QED) is 0.672. The molecular weight excluding hydrogens is 290 g/mol. The number of nitrogens with zero attached hydrogens (tertiary/aromatic N) is 2. The van der Waals surface area contributed by atoms with Gasteiger partial charge in [-0.05, 0) is 24.9 Å². The van der Waals surface area contributed by atoms with Crippen molar-refractivity contribution >= 4 is 11.7 Å². The molecular formula is C17H23N5O. The summed E-state index contributed by atoms with van der Waals surface area (Å²) in [6.07, 6.45) is 3.77. The molecule has 1 atom stereocenters. The molecule has 0 bridgehead atoms. The molecule has 122 valence electrons. The van der Waals surface area contributed by atoms with Gasteiger partial charge in [-0.2, -0.15) is 5.10 Å². The normalized spacial score (nSPS) is 16.6. The van der Waals surface area contributed by atoms with E-state index >= 15 is 0 Å². The molecule has 0 saturated carbocycles. The minimum Gasteiger partial charge on any atom is -0.369 e. The molecule has 0 spiro atoms. The van der Waals surface area contributed by atoms with Crippen molar-refractivity contribution in [2.45, 2.75) is 19.4 Å². The van der Waals surface area contributed by atoms with Crippen molar-refractivity contribution in [1.82, 2.24) is 15.1 Å². The van der Waals surface area contributed by atoms with E-state index in [-0.39, 0.29) is 0 Å². The summed E-state index contributed by atoms with van der Waals surface area (Å²) in [5.74, 6) is 0.772. The van der Waals surface area contributed by atoms with Crippen LogP contribution in [0.3, 0.4) is 0 Å². The number of nitrogens with two attached hydrogens (primary N) is 1. The van der Waals surface area contributed by atoms with Gasteiger partial charge in [-0.3, -0.25) is 4.79 Å². The summed E-state index contributed by atoms with van der Waals surface area (Å²) in [6.45, 7) is 3.58. The Kier molecular flexibility index (Phi) is 4.92. The Balaban J connectivity index is 1.39. The first-order chi connectivity index (χ1) is 11.2. The average Bonchev–Trinajstić information content (AvgIpc) is 2.99. The summed E-state index contributed by atoms with van der Waals surface area (Å²) in [5, 5.41) is 11.0. The molecule has 0 aliphatic carbocycles. The van der Waals surface area contributed by atoms with Crippen LogP contribution in [0.4, 0.5) is 5.82 Å². The minimum atomic E-state index is -0.434. The number of fused-ring (bicyclic) bond motifs is 1. The highest BCUT2D eigenvalue weighted by molar-refractivity contribution is 5.97. The molecule has 0 saturated heterocycles. The number of amides is 1. The zero-order valence-corrected chi connectivity index (χ0v) is 13.2. The average molecular weight is 313 g/mol. The number of hydrogen-bond acceptors (Lipinski definition) is 4. The Morgan fingerprint density at radius 3 is 3.00 bits per heavy atom. The highest BCUT2D eigenvalue weighted by Crippen LogP contribution is 2.21. The Morgan fingerprint density at radius 1 is 1.39 bits per heavy atom. The predicted molar refractivity (Wildman–Crippen MR) is 90.4 cm³/mol. The second-order valence-electron chi connectivity index (χ2n) is 5.99. The first kappa shape index (κ1) is 15.6. The smallest absolute Gasteiger partial charge is 0.254 e. The lowest BCUT2D eigenvalue weighted by molar-refractivity contribution is 0.100. The van der Waals surface area contributed by atoms with Gasteiger partial charge < -0.3 is 16.4 Å². The summed E-state index contributed by atoms with van der Waals surface area (Å²) in [5.41, 5.74) is 7.19. The monoisotopic (exact) mass is 313 g/mol. The zero-order chi connectivity index (χ0) is 16.1. The van der Waals surface area contributed by atoms with Crippen LogP contribution in [-0.2, 0) is 13.0 Å². The van der Waals surface area contributed by atoms with Crippen molar-refractivity contribution in [1.29, 1.82) is 0 Å². The van der Waals surface area contributed by atoms with E-state index < -0.39 is 5.91 Å². The van der Waals surface area contributed by atoms with Gasteiger partial charge in [0.25, 0.3) is 5.91 Å². The minimum absolute atomic E-state index is 0.434. The van der Waals surface area contributed by atoms with Gasteiger partial charge >= 0.3 is 0 Å². The molecule has 1 aliphatic rings. The molecule has 4 N–H and O–H groups in total. The number of nitrogens with one attached hydrogen (secondary N) is 2. The van der Waals surface area contributed by atoms with Crippen molar-refractivity contribution in [2.75, 3.05) is 25.0 Å².